The van der Waals surface area contributed by atoms with Crippen molar-refractivity contribution in [2.24, 2.45) is 7.05 Å². The Morgan fingerprint density at radius 1 is 1.15 bits per heavy atom. The lowest BCUT2D eigenvalue weighted by Gasteiger charge is -2.19. The predicted molar refractivity (Wildman–Crippen MR) is 101 cm³/mol. The zero-order valence-corrected chi connectivity index (χ0v) is 15.3. The van der Waals surface area contributed by atoms with Crippen molar-refractivity contribution >= 4 is 5.91 Å². The third kappa shape index (κ3) is 3.94. The number of rotatable bonds is 6. The second-order valence-corrected chi connectivity index (χ2v) is 6.29. The van der Waals surface area contributed by atoms with E-state index < -0.39 is 0 Å². The van der Waals surface area contributed by atoms with Crippen LogP contribution in [0.1, 0.15) is 28.6 Å². The number of carbonyl (C=O) groups is 1. The van der Waals surface area contributed by atoms with Gasteiger partial charge in [0, 0.05) is 19.4 Å². The van der Waals surface area contributed by atoms with Crippen molar-refractivity contribution in [2.45, 2.75) is 19.9 Å². The molecule has 1 amide bonds. The minimum Gasteiger partial charge on any atom is -0.483 e. The molecule has 0 saturated carbocycles. The Labute approximate surface area is 153 Å². The zero-order chi connectivity index (χ0) is 18.5. The number of nitrogens with one attached hydrogen (secondary N) is 1. The van der Waals surface area contributed by atoms with Gasteiger partial charge in [-0.05, 0) is 36.6 Å². The molecule has 0 aliphatic rings. The molecule has 0 fully saturated rings. The van der Waals surface area contributed by atoms with Crippen LogP contribution in [0.15, 0.2) is 60.9 Å². The molecule has 0 bridgehead atoms. The summed E-state index contributed by atoms with van der Waals surface area (Å²) in [6, 6.07) is 15.3. The molecule has 1 N–H and O–H groups in total. The maximum atomic E-state index is 12.5. The van der Waals surface area contributed by atoms with Crippen LogP contribution in [-0.4, -0.2) is 22.1 Å². The number of aryl methyl sites for hydroxylation is 2. The summed E-state index contributed by atoms with van der Waals surface area (Å²) in [6.45, 7) is 3.97. The highest BCUT2D eigenvalue weighted by Gasteiger charge is 2.20. The van der Waals surface area contributed by atoms with E-state index in [9.17, 15) is 4.79 Å². The van der Waals surface area contributed by atoms with Gasteiger partial charge in [0.05, 0.1) is 0 Å². The molecule has 5 heteroatoms. The number of nitrogens with zero attached hydrogens (tertiary/aromatic N) is 2. The molecule has 1 atom stereocenters. The van der Waals surface area contributed by atoms with Gasteiger partial charge in [-0.1, -0.05) is 42.5 Å². The standard InChI is InChI=1S/C21H23N3O2/c1-15-8-7-11-18(16(15)2)26-14-19(25)23-20(17-9-5-4-6-10-17)21-22-12-13-24(21)3/h4-13,20H,14H2,1-3H3,(H,23,25)/t20-/m1/s1. The molecule has 0 radical (unpaired) electrons. The van der Waals surface area contributed by atoms with Crippen LogP contribution in [0.2, 0.25) is 0 Å². The summed E-state index contributed by atoms with van der Waals surface area (Å²) in [7, 11) is 1.91. The Morgan fingerprint density at radius 2 is 1.92 bits per heavy atom. The van der Waals surface area contributed by atoms with Crippen LogP contribution in [0.3, 0.4) is 0 Å². The number of imidazole rings is 1. The van der Waals surface area contributed by atoms with E-state index in [2.05, 4.69) is 10.3 Å². The Morgan fingerprint density at radius 3 is 2.62 bits per heavy atom. The van der Waals surface area contributed by atoms with E-state index >= 15 is 0 Å². The van der Waals surface area contributed by atoms with Gasteiger partial charge in [0.15, 0.2) is 6.61 Å². The highest BCUT2D eigenvalue weighted by molar-refractivity contribution is 5.78. The van der Waals surface area contributed by atoms with Crippen LogP contribution < -0.4 is 10.1 Å². The molecule has 134 valence electrons. The Balaban J connectivity index is 1.74. The molecule has 3 aromatic rings. The average Bonchev–Trinajstić information content (AvgIpc) is 3.07. The quantitative estimate of drug-likeness (QED) is 0.743. The molecule has 0 spiro atoms. The second kappa shape index (κ2) is 7.87. The number of hydrogen-bond acceptors (Lipinski definition) is 3. The molecular weight excluding hydrogens is 326 g/mol. The number of ether oxygens (including phenoxy) is 1. The SMILES string of the molecule is Cc1cccc(OCC(=O)N[C@H](c2ccccc2)c2nccn2C)c1C. The van der Waals surface area contributed by atoms with Crippen molar-refractivity contribution in [1.82, 2.24) is 14.9 Å². The summed E-state index contributed by atoms with van der Waals surface area (Å²) < 4.78 is 7.63. The highest BCUT2D eigenvalue weighted by Crippen LogP contribution is 2.22. The smallest absolute Gasteiger partial charge is 0.258 e. The monoisotopic (exact) mass is 349 g/mol. The molecule has 0 unspecified atom stereocenters. The minimum absolute atomic E-state index is 0.0436. The minimum atomic E-state index is -0.328. The van der Waals surface area contributed by atoms with Crippen LogP contribution >= 0.6 is 0 Å². The fourth-order valence-corrected chi connectivity index (χ4v) is 2.82. The molecule has 0 aliphatic heterocycles. The molecule has 0 saturated heterocycles. The van der Waals surface area contributed by atoms with Crippen molar-refractivity contribution in [3.05, 3.63) is 83.4 Å². The van der Waals surface area contributed by atoms with Crippen molar-refractivity contribution in [3.8, 4) is 5.75 Å². The number of carbonyl (C=O) groups excluding carboxylic acids is 1. The summed E-state index contributed by atoms with van der Waals surface area (Å²) in [5, 5.41) is 3.03. The Hall–Kier alpha value is -3.08. The van der Waals surface area contributed by atoms with E-state index in [1.54, 1.807) is 6.20 Å². The van der Waals surface area contributed by atoms with Crippen LogP contribution in [0, 0.1) is 13.8 Å². The van der Waals surface area contributed by atoms with Crippen molar-refractivity contribution in [1.29, 1.82) is 0 Å². The summed E-state index contributed by atoms with van der Waals surface area (Å²) in [6.07, 6.45) is 3.59. The third-order valence-corrected chi connectivity index (χ3v) is 4.47. The van der Waals surface area contributed by atoms with Gasteiger partial charge in [0.25, 0.3) is 5.91 Å². The van der Waals surface area contributed by atoms with Gasteiger partial charge in [-0.25, -0.2) is 4.98 Å². The normalized spacial score (nSPS) is 11.8. The zero-order valence-electron chi connectivity index (χ0n) is 15.3. The maximum Gasteiger partial charge on any atom is 0.258 e. The average molecular weight is 349 g/mol. The Bertz CT molecular complexity index is 887. The molecule has 5 nitrogen and oxygen atoms in total. The summed E-state index contributed by atoms with van der Waals surface area (Å²) in [5.74, 6) is 1.31. The molecule has 1 aromatic heterocycles. The molecular formula is C21H23N3O2. The van der Waals surface area contributed by atoms with E-state index in [0.29, 0.717) is 0 Å². The van der Waals surface area contributed by atoms with E-state index in [-0.39, 0.29) is 18.6 Å². The van der Waals surface area contributed by atoms with Gasteiger partial charge in [0.2, 0.25) is 0 Å². The highest BCUT2D eigenvalue weighted by atomic mass is 16.5. The van der Waals surface area contributed by atoms with Gasteiger partial charge in [-0.2, -0.15) is 0 Å². The van der Waals surface area contributed by atoms with Crippen LogP contribution in [0.25, 0.3) is 0 Å². The number of aromatic nitrogens is 2. The first-order valence-corrected chi connectivity index (χ1v) is 8.57. The summed E-state index contributed by atoms with van der Waals surface area (Å²) >= 11 is 0. The first kappa shape index (κ1) is 17.7. The molecule has 2 aromatic carbocycles. The first-order chi connectivity index (χ1) is 12.6. The fraction of sp³-hybridized carbons (Fsp3) is 0.238. The van der Waals surface area contributed by atoms with E-state index in [1.807, 2.05) is 80.2 Å². The molecule has 3 rings (SSSR count). The summed E-state index contributed by atoms with van der Waals surface area (Å²) in [4.78, 5) is 16.9. The van der Waals surface area contributed by atoms with Crippen molar-refractivity contribution in [2.75, 3.05) is 6.61 Å². The third-order valence-electron chi connectivity index (χ3n) is 4.47. The molecule has 1 heterocycles. The van der Waals surface area contributed by atoms with E-state index in [1.165, 1.54) is 0 Å². The lowest BCUT2D eigenvalue weighted by atomic mass is 10.1. The van der Waals surface area contributed by atoms with Gasteiger partial charge in [0.1, 0.15) is 17.6 Å². The van der Waals surface area contributed by atoms with Crippen molar-refractivity contribution in [3.63, 3.8) is 0 Å². The van der Waals surface area contributed by atoms with Gasteiger partial charge < -0.3 is 14.6 Å². The lowest BCUT2D eigenvalue weighted by Crippen LogP contribution is -2.34. The number of amides is 1. The number of benzene rings is 2. The first-order valence-electron chi connectivity index (χ1n) is 8.57. The number of hydrogen-bond donors (Lipinski definition) is 1. The topological polar surface area (TPSA) is 56.1 Å². The molecule has 26 heavy (non-hydrogen) atoms. The maximum absolute atomic E-state index is 12.5. The molecule has 0 aliphatic carbocycles. The summed E-state index contributed by atoms with van der Waals surface area (Å²) in [5.41, 5.74) is 3.16. The van der Waals surface area contributed by atoms with E-state index in [0.717, 1.165) is 28.3 Å². The van der Waals surface area contributed by atoms with E-state index in [4.69, 9.17) is 4.74 Å². The predicted octanol–water partition coefficient (Wildman–Crippen LogP) is 3.32. The van der Waals surface area contributed by atoms with Gasteiger partial charge in [-0.15, -0.1) is 0 Å². The van der Waals surface area contributed by atoms with Crippen molar-refractivity contribution < 1.29 is 9.53 Å². The van der Waals surface area contributed by atoms with Crippen LogP contribution in [0.4, 0.5) is 0 Å². The van der Waals surface area contributed by atoms with Crippen LogP contribution in [-0.2, 0) is 11.8 Å². The fourth-order valence-electron chi connectivity index (χ4n) is 2.82. The van der Waals surface area contributed by atoms with Gasteiger partial charge >= 0.3 is 0 Å². The largest absolute Gasteiger partial charge is 0.483 e. The van der Waals surface area contributed by atoms with Crippen LogP contribution in [0.5, 0.6) is 5.75 Å². The van der Waals surface area contributed by atoms with Gasteiger partial charge in [-0.3, -0.25) is 4.79 Å². The Kier molecular flexibility index (Phi) is 5.37. The lowest BCUT2D eigenvalue weighted by molar-refractivity contribution is -0.123. The second-order valence-electron chi connectivity index (χ2n) is 6.29.